The minimum absolute atomic E-state index is 0.103. The molecule has 0 atom stereocenters. The van der Waals surface area contributed by atoms with Crippen LogP contribution in [-0.4, -0.2) is 23.7 Å². The third-order valence-electron chi connectivity index (χ3n) is 3.90. The van der Waals surface area contributed by atoms with Gasteiger partial charge in [-0.15, -0.1) is 0 Å². The molecular formula is C15H18ClF2NO3. The van der Waals surface area contributed by atoms with Crippen LogP contribution in [0.5, 0.6) is 5.75 Å². The summed E-state index contributed by atoms with van der Waals surface area (Å²) in [6.45, 7) is -2.53. The summed E-state index contributed by atoms with van der Waals surface area (Å²) < 4.78 is 29.2. The van der Waals surface area contributed by atoms with Crippen molar-refractivity contribution in [3.63, 3.8) is 0 Å². The highest BCUT2D eigenvalue weighted by atomic mass is 35.5. The first kappa shape index (κ1) is 17.0. The molecule has 1 aliphatic carbocycles. The molecule has 0 bridgehead atoms. The lowest BCUT2D eigenvalue weighted by Gasteiger charge is -2.27. The van der Waals surface area contributed by atoms with Gasteiger partial charge in [0.15, 0.2) is 0 Å². The third kappa shape index (κ3) is 4.81. The second-order valence-electron chi connectivity index (χ2n) is 5.40. The number of rotatable bonds is 6. The molecule has 2 N–H and O–H groups in total. The van der Waals surface area contributed by atoms with E-state index in [1.54, 1.807) is 6.07 Å². The van der Waals surface area contributed by atoms with Gasteiger partial charge in [0.05, 0.1) is 5.92 Å². The van der Waals surface area contributed by atoms with E-state index in [4.69, 9.17) is 16.7 Å². The standard InChI is InChI=1S/C15H18ClF2NO3/c16-11-3-6-13(22-15(17)18)10(7-11)8-19-12-4-1-9(2-5-12)14(20)21/h3,6-7,9,12,15,19H,1-2,4-5,8H2,(H,20,21). The Morgan fingerprint density at radius 2 is 2.05 bits per heavy atom. The number of benzene rings is 1. The summed E-state index contributed by atoms with van der Waals surface area (Å²) in [7, 11) is 0. The van der Waals surface area contributed by atoms with Crippen LogP contribution < -0.4 is 10.1 Å². The Morgan fingerprint density at radius 1 is 1.36 bits per heavy atom. The fraction of sp³-hybridized carbons (Fsp3) is 0.533. The molecule has 22 heavy (non-hydrogen) atoms. The number of alkyl halides is 2. The molecule has 1 saturated carbocycles. The summed E-state index contributed by atoms with van der Waals surface area (Å²) in [5, 5.41) is 12.7. The zero-order valence-electron chi connectivity index (χ0n) is 11.9. The minimum atomic E-state index is -2.88. The normalized spacial score (nSPS) is 21.8. The Bertz CT molecular complexity index is 520. The zero-order chi connectivity index (χ0) is 16.1. The molecule has 1 aromatic rings. The smallest absolute Gasteiger partial charge is 0.387 e. The molecular weight excluding hydrogens is 316 g/mol. The van der Waals surface area contributed by atoms with E-state index in [9.17, 15) is 13.6 Å². The average molecular weight is 334 g/mol. The SMILES string of the molecule is O=C(O)C1CCC(NCc2cc(Cl)ccc2OC(F)F)CC1. The number of carboxylic acid groups (broad SMARTS) is 1. The predicted molar refractivity (Wildman–Crippen MR) is 78.3 cm³/mol. The number of halogens is 3. The topological polar surface area (TPSA) is 58.6 Å². The van der Waals surface area contributed by atoms with Gasteiger partial charge in [0, 0.05) is 23.2 Å². The van der Waals surface area contributed by atoms with Crippen LogP contribution in [0.25, 0.3) is 0 Å². The molecule has 0 aliphatic heterocycles. The summed E-state index contributed by atoms with van der Waals surface area (Å²) >= 11 is 5.89. The average Bonchev–Trinajstić information content (AvgIpc) is 2.47. The van der Waals surface area contributed by atoms with Gasteiger partial charge in [-0.05, 0) is 43.9 Å². The summed E-state index contributed by atoms with van der Waals surface area (Å²) in [5.41, 5.74) is 0.563. The van der Waals surface area contributed by atoms with Crippen LogP contribution in [0.4, 0.5) is 8.78 Å². The largest absolute Gasteiger partial charge is 0.481 e. The maximum absolute atomic E-state index is 12.4. The molecule has 0 unspecified atom stereocenters. The third-order valence-corrected chi connectivity index (χ3v) is 4.13. The molecule has 0 heterocycles. The van der Waals surface area contributed by atoms with Gasteiger partial charge in [-0.1, -0.05) is 11.6 Å². The van der Waals surface area contributed by atoms with Gasteiger partial charge in [0.25, 0.3) is 0 Å². The first-order chi connectivity index (χ1) is 10.5. The first-order valence-corrected chi connectivity index (χ1v) is 7.53. The maximum Gasteiger partial charge on any atom is 0.387 e. The fourth-order valence-corrected chi connectivity index (χ4v) is 2.89. The van der Waals surface area contributed by atoms with E-state index >= 15 is 0 Å². The number of carboxylic acids is 1. The molecule has 0 radical (unpaired) electrons. The number of aliphatic carboxylic acids is 1. The molecule has 0 aromatic heterocycles. The van der Waals surface area contributed by atoms with E-state index in [0.29, 0.717) is 30.0 Å². The lowest BCUT2D eigenvalue weighted by atomic mass is 9.86. The molecule has 0 saturated heterocycles. The second kappa shape index (κ2) is 7.74. The zero-order valence-corrected chi connectivity index (χ0v) is 12.7. The van der Waals surface area contributed by atoms with Crippen molar-refractivity contribution in [1.29, 1.82) is 0 Å². The van der Waals surface area contributed by atoms with E-state index < -0.39 is 12.6 Å². The quantitative estimate of drug-likeness (QED) is 0.834. The molecule has 0 amide bonds. The highest BCUT2D eigenvalue weighted by Crippen LogP contribution is 2.27. The first-order valence-electron chi connectivity index (χ1n) is 7.15. The van der Waals surface area contributed by atoms with E-state index in [2.05, 4.69) is 10.1 Å². The van der Waals surface area contributed by atoms with Gasteiger partial charge < -0.3 is 15.2 Å². The monoisotopic (exact) mass is 333 g/mol. The summed E-state index contributed by atoms with van der Waals surface area (Å²) in [6.07, 6.45) is 2.76. The number of nitrogens with one attached hydrogen (secondary N) is 1. The van der Waals surface area contributed by atoms with Gasteiger partial charge in [-0.3, -0.25) is 4.79 Å². The summed E-state index contributed by atoms with van der Waals surface area (Å²) in [6, 6.07) is 4.69. The summed E-state index contributed by atoms with van der Waals surface area (Å²) in [4.78, 5) is 10.9. The van der Waals surface area contributed by atoms with Gasteiger partial charge >= 0.3 is 12.6 Å². The van der Waals surface area contributed by atoms with Crippen LogP contribution >= 0.6 is 11.6 Å². The van der Waals surface area contributed by atoms with Crippen molar-refractivity contribution in [3.05, 3.63) is 28.8 Å². The van der Waals surface area contributed by atoms with Crippen LogP contribution in [0.2, 0.25) is 5.02 Å². The van der Waals surface area contributed by atoms with Crippen molar-refractivity contribution in [3.8, 4) is 5.75 Å². The van der Waals surface area contributed by atoms with Gasteiger partial charge in [0.1, 0.15) is 5.75 Å². The fourth-order valence-electron chi connectivity index (χ4n) is 2.70. The molecule has 122 valence electrons. The van der Waals surface area contributed by atoms with Crippen LogP contribution in [0.1, 0.15) is 31.2 Å². The molecule has 1 aromatic carbocycles. The lowest BCUT2D eigenvalue weighted by Crippen LogP contribution is -2.34. The van der Waals surface area contributed by atoms with Gasteiger partial charge in [-0.2, -0.15) is 8.78 Å². The maximum atomic E-state index is 12.4. The minimum Gasteiger partial charge on any atom is -0.481 e. The van der Waals surface area contributed by atoms with Crippen molar-refractivity contribution >= 4 is 17.6 Å². The summed E-state index contributed by atoms with van der Waals surface area (Å²) in [5.74, 6) is -0.922. The molecule has 4 nitrogen and oxygen atoms in total. The van der Waals surface area contributed by atoms with Crippen LogP contribution in [0.15, 0.2) is 18.2 Å². The van der Waals surface area contributed by atoms with E-state index in [0.717, 1.165) is 12.8 Å². The van der Waals surface area contributed by atoms with Gasteiger partial charge in [-0.25, -0.2) is 0 Å². The predicted octanol–water partition coefficient (Wildman–Crippen LogP) is 3.67. The van der Waals surface area contributed by atoms with Crippen molar-refractivity contribution in [2.75, 3.05) is 0 Å². The highest BCUT2D eigenvalue weighted by Gasteiger charge is 2.25. The Morgan fingerprint density at radius 3 is 2.64 bits per heavy atom. The van der Waals surface area contributed by atoms with Crippen molar-refractivity contribution in [1.82, 2.24) is 5.32 Å². The Balaban J connectivity index is 1.91. The Labute approximate surface area is 132 Å². The molecule has 1 aliphatic rings. The van der Waals surface area contributed by atoms with Crippen LogP contribution in [0, 0.1) is 5.92 Å². The number of hydrogen-bond acceptors (Lipinski definition) is 3. The molecule has 2 rings (SSSR count). The van der Waals surface area contributed by atoms with Crippen molar-refractivity contribution in [2.24, 2.45) is 5.92 Å². The van der Waals surface area contributed by atoms with E-state index in [1.807, 2.05) is 0 Å². The van der Waals surface area contributed by atoms with Crippen molar-refractivity contribution < 1.29 is 23.4 Å². The van der Waals surface area contributed by atoms with Crippen LogP contribution in [-0.2, 0) is 11.3 Å². The highest BCUT2D eigenvalue weighted by molar-refractivity contribution is 6.30. The van der Waals surface area contributed by atoms with Crippen molar-refractivity contribution in [2.45, 2.75) is 44.9 Å². The lowest BCUT2D eigenvalue weighted by molar-refractivity contribution is -0.142. The second-order valence-corrected chi connectivity index (χ2v) is 5.83. The van der Waals surface area contributed by atoms with Gasteiger partial charge in [0.2, 0.25) is 0 Å². The van der Waals surface area contributed by atoms with E-state index in [1.165, 1.54) is 12.1 Å². The van der Waals surface area contributed by atoms with E-state index in [-0.39, 0.29) is 17.7 Å². The Hall–Kier alpha value is -1.40. The number of ether oxygens (including phenoxy) is 1. The number of carbonyl (C=O) groups is 1. The van der Waals surface area contributed by atoms with Crippen LogP contribution in [0.3, 0.4) is 0 Å². The molecule has 7 heteroatoms. The molecule has 1 fully saturated rings. The molecule has 0 spiro atoms. The Kier molecular flexibility index (Phi) is 5.97. The number of hydrogen-bond donors (Lipinski definition) is 2.